The first-order valence-corrected chi connectivity index (χ1v) is 12.0. The highest BCUT2D eigenvalue weighted by molar-refractivity contribution is 6.74. The minimum absolute atomic E-state index is 0.240. The Bertz CT molecular complexity index is 574. The normalized spacial score (nSPS) is 11.6. The third-order valence-electron chi connectivity index (χ3n) is 4.75. The van der Waals surface area contributed by atoms with Crippen LogP contribution in [0.4, 0.5) is 0 Å². The van der Waals surface area contributed by atoms with E-state index in [1.165, 1.54) is 11.1 Å². The second-order valence-electron chi connectivity index (χ2n) is 7.80. The molecule has 0 aliphatic heterocycles. The molecule has 0 radical (unpaired) electrons. The van der Waals surface area contributed by atoms with Gasteiger partial charge in [0, 0.05) is 13.2 Å². The van der Waals surface area contributed by atoms with Crippen LogP contribution in [-0.2, 0) is 17.3 Å². The van der Waals surface area contributed by atoms with Crippen LogP contribution < -0.4 is 0 Å². The summed E-state index contributed by atoms with van der Waals surface area (Å²) in [6.45, 7) is 12.5. The minimum Gasteiger partial charge on any atom is -0.416 e. The zero-order valence-corrected chi connectivity index (χ0v) is 17.5. The van der Waals surface area contributed by atoms with E-state index in [-0.39, 0.29) is 6.61 Å². The van der Waals surface area contributed by atoms with E-state index in [1.807, 2.05) is 30.3 Å². The standard InChI is InChI=1S/C14H24OSi.C8H10O/c1-14(2,3)16(4,5)15-12-11-13-9-7-6-8-10-13;9-7-6-8-4-2-1-3-5-8/h6-10H,11-12H2,1-5H3;1-5,9H,6-7H2. The molecule has 0 amide bonds. The smallest absolute Gasteiger partial charge is 0.191 e. The van der Waals surface area contributed by atoms with Gasteiger partial charge in [0.2, 0.25) is 0 Å². The van der Waals surface area contributed by atoms with Crippen LogP contribution in [0.5, 0.6) is 0 Å². The molecule has 0 aliphatic rings. The molecule has 0 unspecified atom stereocenters. The maximum absolute atomic E-state index is 8.52. The summed E-state index contributed by atoms with van der Waals surface area (Å²) in [5, 5.41) is 8.83. The van der Waals surface area contributed by atoms with Gasteiger partial charge in [-0.25, -0.2) is 0 Å². The summed E-state index contributed by atoms with van der Waals surface area (Å²) >= 11 is 0. The van der Waals surface area contributed by atoms with Crippen LogP contribution in [0.3, 0.4) is 0 Å². The molecular formula is C22H34O2Si. The van der Waals surface area contributed by atoms with Crippen molar-refractivity contribution in [2.45, 2.75) is 51.7 Å². The maximum atomic E-state index is 8.52. The second kappa shape index (κ2) is 10.5. The topological polar surface area (TPSA) is 29.5 Å². The van der Waals surface area contributed by atoms with Crippen molar-refractivity contribution in [3.63, 3.8) is 0 Å². The summed E-state index contributed by atoms with van der Waals surface area (Å²) in [5.41, 5.74) is 2.56. The van der Waals surface area contributed by atoms with Crippen LogP contribution in [0.1, 0.15) is 31.9 Å². The van der Waals surface area contributed by atoms with E-state index in [9.17, 15) is 0 Å². The van der Waals surface area contributed by atoms with Crippen molar-refractivity contribution < 1.29 is 9.53 Å². The second-order valence-corrected chi connectivity index (χ2v) is 12.6. The van der Waals surface area contributed by atoms with Gasteiger partial charge in [-0.1, -0.05) is 81.4 Å². The molecule has 1 N–H and O–H groups in total. The van der Waals surface area contributed by atoms with Crippen LogP contribution in [0.2, 0.25) is 18.1 Å². The van der Waals surface area contributed by atoms with Gasteiger partial charge in [0.15, 0.2) is 8.32 Å². The van der Waals surface area contributed by atoms with Crippen molar-refractivity contribution >= 4 is 8.32 Å². The van der Waals surface area contributed by atoms with E-state index in [1.54, 1.807) is 0 Å². The molecule has 0 aromatic heterocycles. The molecule has 0 bridgehead atoms. The fourth-order valence-electron chi connectivity index (χ4n) is 2.06. The number of hydrogen-bond donors (Lipinski definition) is 1. The third-order valence-corrected chi connectivity index (χ3v) is 9.28. The molecule has 0 aliphatic carbocycles. The molecule has 0 fully saturated rings. The number of aliphatic hydroxyl groups excluding tert-OH is 1. The summed E-state index contributed by atoms with van der Waals surface area (Å²) in [7, 11) is -1.56. The average Bonchev–Trinajstić information content (AvgIpc) is 2.56. The van der Waals surface area contributed by atoms with Gasteiger partial charge < -0.3 is 9.53 Å². The van der Waals surface area contributed by atoms with Gasteiger partial charge in [-0.3, -0.25) is 0 Å². The predicted octanol–water partition coefficient (Wildman–Crippen LogP) is 5.47. The first kappa shape index (κ1) is 21.6. The van der Waals surface area contributed by atoms with Crippen molar-refractivity contribution in [1.82, 2.24) is 0 Å². The lowest BCUT2D eigenvalue weighted by Gasteiger charge is -2.36. The first-order valence-electron chi connectivity index (χ1n) is 9.09. The van der Waals surface area contributed by atoms with Crippen molar-refractivity contribution in [3.05, 3.63) is 71.8 Å². The van der Waals surface area contributed by atoms with E-state index in [0.717, 1.165) is 19.4 Å². The number of rotatable bonds is 6. The quantitative estimate of drug-likeness (QED) is 0.694. The van der Waals surface area contributed by atoms with E-state index >= 15 is 0 Å². The molecule has 2 rings (SSSR count). The van der Waals surface area contributed by atoms with Crippen LogP contribution >= 0.6 is 0 Å². The Hall–Kier alpha value is -1.42. The zero-order valence-electron chi connectivity index (χ0n) is 16.5. The molecule has 0 spiro atoms. The van der Waals surface area contributed by atoms with Gasteiger partial charge in [0.05, 0.1) is 0 Å². The fraction of sp³-hybridized carbons (Fsp3) is 0.455. The Morgan fingerprint density at radius 3 is 1.64 bits per heavy atom. The van der Waals surface area contributed by atoms with Crippen molar-refractivity contribution in [2.75, 3.05) is 13.2 Å². The van der Waals surface area contributed by atoms with Crippen LogP contribution in [0.15, 0.2) is 60.7 Å². The minimum atomic E-state index is -1.56. The Labute approximate surface area is 155 Å². The molecular weight excluding hydrogens is 324 g/mol. The molecule has 2 aromatic rings. The van der Waals surface area contributed by atoms with Gasteiger partial charge in [-0.05, 0) is 42.1 Å². The SMILES string of the molecule is CC(C)(C)[Si](C)(C)OCCc1ccccc1.OCCc1ccccc1. The molecule has 138 valence electrons. The lowest BCUT2D eigenvalue weighted by atomic mass is 10.2. The molecule has 2 nitrogen and oxygen atoms in total. The van der Waals surface area contributed by atoms with E-state index in [2.05, 4.69) is 64.2 Å². The Morgan fingerprint density at radius 1 is 0.800 bits per heavy atom. The summed E-state index contributed by atoms with van der Waals surface area (Å²) < 4.78 is 6.14. The summed E-state index contributed by atoms with van der Waals surface area (Å²) in [4.78, 5) is 0. The zero-order chi connectivity index (χ0) is 18.8. The highest BCUT2D eigenvalue weighted by Gasteiger charge is 2.36. The monoisotopic (exact) mass is 358 g/mol. The predicted molar refractivity (Wildman–Crippen MR) is 111 cm³/mol. The fourth-order valence-corrected chi connectivity index (χ4v) is 3.10. The van der Waals surface area contributed by atoms with Gasteiger partial charge in [-0.2, -0.15) is 0 Å². The van der Waals surface area contributed by atoms with E-state index in [0.29, 0.717) is 5.04 Å². The van der Waals surface area contributed by atoms with Crippen molar-refractivity contribution in [2.24, 2.45) is 0 Å². The third kappa shape index (κ3) is 8.48. The Kier molecular flexibility index (Phi) is 9.12. The van der Waals surface area contributed by atoms with E-state index < -0.39 is 8.32 Å². The van der Waals surface area contributed by atoms with Gasteiger partial charge in [0.1, 0.15) is 0 Å². The van der Waals surface area contributed by atoms with Crippen LogP contribution in [-0.4, -0.2) is 26.6 Å². The Balaban J connectivity index is 0.000000293. The van der Waals surface area contributed by atoms with Crippen LogP contribution in [0, 0.1) is 0 Å². The van der Waals surface area contributed by atoms with Crippen LogP contribution in [0.25, 0.3) is 0 Å². The van der Waals surface area contributed by atoms with Crippen molar-refractivity contribution in [3.8, 4) is 0 Å². The van der Waals surface area contributed by atoms with Gasteiger partial charge in [0.25, 0.3) is 0 Å². The van der Waals surface area contributed by atoms with Crippen molar-refractivity contribution in [1.29, 1.82) is 0 Å². The number of aliphatic hydroxyl groups is 1. The molecule has 2 aromatic carbocycles. The molecule has 0 saturated heterocycles. The van der Waals surface area contributed by atoms with Gasteiger partial charge in [-0.15, -0.1) is 0 Å². The largest absolute Gasteiger partial charge is 0.416 e. The summed E-state index contributed by atoms with van der Waals surface area (Å²) in [6.07, 6.45) is 1.79. The molecule has 0 heterocycles. The highest BCUT2D eigenvalue weighted by Crippen LogP contribution is 2.36. The molecule has 0 atom stereocenters. The maximum Gasteiger partial charge on any atom is 0.191 e. The molecule has 0 saturated carbocycles. The highest BCUT2D eigenvalue weighted by atomic mass is 28.4. The summed E-state index contributed by atoms with van der Waals surface area (Å²) in [5.74, 6) is 0. The number of hydrogen-bond acceptors (Lipinski definition) is 2. The summed E-state index contributed by atoms with van der Waals surface area (Å²) in [6, 6.07) is 20.5. The van der Waals surface area contributed by atoms with Gasteiger partial charge >= 0.3 is 0 Å². The lowest BCUT2D eigenvalue weighted by molar-refractivity contribution is 0.292. The first-order chi connectivity index (χ1) is 11.8. The lowest BCUT2D eigenvalue weighted by Crippen LogP contribution is -2.41. The number of benzene rings is 2. The average molecular weight is 359 g/mol. The molecule has 25 heavy (non-hydrogen) atoms. The Morgan fingerprint density at radius 2 is 1.24 bits per heavy atom. The van der Waals surface area contributed by atoms with E-state index in [4.69, 9.17) is 9.53 Å². The molecule has 3 heteroatoms.